The molecule has 2 heterocycles. The van der Waals surface area contributed by atoms with Gasteiger partial charge in [0.25, 0.3) is 10.0 Å². The van der Waals surface area contributed by atoms with Crippen LogP contribution in [0.5, 0.6) is 0 Å². The number of hydrogen-bond acceptors (Lipinski definition) is 4. The number of sulfonamides is 1. The van der Waals surface area contributed by atoms with Gasteiger partial charge in [0.15, 0.2) is 0 Å². The molecule has 0 radical (unpaired) electrons. The summed E-state index contributed by atoms with van der Waals surface area (Å²) in [7, 11) is -3.61. The number of nitrogens with zero attached hydrogens (tertiary/aromatic N) is 1. The van der Waals surface area contributed by atoms with Crippen molar-refractivity contribution in [3.8, 4) is 0 Å². The summed E-state index contributed by atoms with van der Waals surface area (Å²) in [6, 6.07) is 2.50. The minimum Gasteiger partial charge on any atom is -0.368 e. The Labute approximate surface area is 118 Å². The summed E-state index contributed by atoms with van der Waals surface area (Å²) in [5, 5.41) is 0. The number of halogens is 1. The first kappa shape index (κ1) is 14.0. The fourth-order valence-electron chi connectivity index (χ4n) is 2.03. The number of carbonyl (C=O) groups is 1. The van der Waals surface area contributed by atoms with Crippen LogP contribution in [0.1, 0.15) is 19.3 Å². The second-order valence-electron chi connectivity index (χ2n) is 4.09. The number of primary amides is 1. The SMILES string of the molecule is NC(=O)C1CCCCN1S(=O)(=O)c1ccc(Br)s1. The first-order valence-corrected chi connectivity index (χ1v) is 8.54. The summed E-state index contributed by atoms with van der Waals surface area (Å²) >= 11 is 4.37. The van der Waals surface area contributed by atoms with Crippen LogP contribution < -0.4 is 5.73 Å². The van der Waals surface area contributed by atoms with Gasteiger partial charge in [0.1, 0.15) is 10.3 Å². The Kier molecular flexibility index (Phi) is 4.10. The van der Waals surface area contributed by atoms with Crippen molar-refractivity contribution in [2.24, 2.45) is 5.73 Å². The highest BCUT2D eigenvalue weighted by Crippen LogP contribution is 2.31. The summed E-state index contributed by atoms with van der Waals surface area (Å²) in [6.07, 6.45) is 2.09. The van der Waals surface area contributed by atoms with E-state index in [0.717, 1.165) is 28.0 Å². The van der Waals surface area contributed by atoms with Crippen LogP contribution in [-0.2, 0) is 14.8 Å². The van der Waals surface area contributed by atoms with Crippen LogP contribution in [0.15, 0.2) is 20.1 Å². The number of carbonyl (C=O) groups excluding carboxylic acids is 1. The highest BCUT2D eigenvalue weighted by Gasteiger charge is 2.37. The van der Waals surface area contributed by atoms with E-state index in [9.17, 15) is 13.2 Å². The monoisotopic (exact) mass is 352 g/mol. The summed E-state index contributed by atoms with van der Waals surface area (Å²) in [6.45, 7) is 0.353. The summed E-state index contributed by atoms with van der Waals surface area (Å²) in [5.41, 5.74) is 5.29. The van der Waals surface area contributed by atoms with Crippen LogP contribution in [0.3, 0.4) is 0 Å². The van der Waals surface area contributed by atoms with E-state index in [1.807, 2.05) is 0 Å². The molecule has 2 rings (SSSR count). The van der Waals surface area contributed by atoms with Gasteiger partial charge in [-0.1, -0.05) is 6.42 Å². The number of thiophene rings is 1. The molecule has 1 atom stereocenters. The summed E-state index contributed by atoms with van der Waals surface area (Å²) in [5.74, 6) is -0.575. The molecule has 18 heavy (non-hydrogen) atoms. The van der Waals surface area contributed by atoms with E-state index in [-0.39, 0.29) is 4.21 Å². The number of nitrogens with two attached hydrogens (primary N) is 1. The van der Waals surface area contributed by atoms with Gasteiger partial charge < -0.3 is 5.73 Å². The first-order valence-electron chi connectivity index (χ1n) is 5.49. The van der Waals surface area contributed by atoms with E-state index in [4.69, 9.17) is 5.73 Å². The van der Waals surface area contributed by atoms with Gasteiger partial charge in [0.05, 0.1) is 3.79 Å². The zero-order valence-electron chi connectivity index (χ0n) is 9.50. The largest absolute Gasteiger partial charge is 0.368 e. The fourth-order valence-corrected chi connectivity index (χ4v) is 5.83. The van der Waals surface area contributed by atoms with Gasteiger partial charge in [0.2, 0.25) is 5.91 Å². The zero-order chi connectivity index (χ0) is 13.3. The number of rotatable bonds is 3. The van der Waals surface area contributed by atoms with Crippen molar-refractivity contribution >= 4 is 43.2 Å². The van der Waals surface area contributed by atoms with Crippen molar-refractivity contribution in [3.63, 3.8) is 0 Å². The molecule has 1 amide bonds. The Bertz CT molecular complexity index is 555. The summed E-state index contributed by atoms with van der Waals surface area (Å²) in [4.78, 5) is 11.4. The second kappa shape index (κ2) is 5.28. The molecule has 1 aromatic rings. The number of piperidine rings is 1. The quantitative estimate of drug-likeness (QED) is 0.895. The maximum absolute atomic E-state index is 12.4. The predicted molar refractivity (Wildman–Crippen MR) is 72.7 cm³/mol. The molecule has 1 saturated heterocycles. The molecular formula is C10H13BrN2O3S2. The lowest BCUT2D eigenvalue weighted by atomic mass is 10.0. The lowest BCUT2D eigenvalue weighted by Gasteiger charge is -2.32. The highest BCUT2D eigenvalue weighted by atomic mass is 79.9. The van der Waals surface area contributed by atoms with Gasteiger partial charge in [-0.3, -0.25) is 4.79 Å². The first-order chi connectivity index (χ1) is 8.43. The van der Waals surface area contributed by atoms with Crippen LogP contribution in [0.4, 0.5) is 0 Å². The Hall–Kier alpha value is -0.440. The Morgan fingerprint density at radius 2 is 2.17 bits per heavy atom. The Morgan fingerprint density at radius 3 is 2.72 bits per heavy atom. The van der Waals surface area contributed by atoms with Crippen molar-refractivity contribution in [3.05, 3.63) is 15.9 Å². The van der Waals surface area contributed by atoms with Crippen molar-refractivity contribution in [1.29, 1.82) is 0 Å². The maximum Gasteiger partial charge on any atom is 0.253 e. The standard InChI is InChI=1S/C10H13BrN2O3S2/c11-8-4-5-9(17-8)18(15,16)13-6-2-1-3-7(13)10(12)14/h4-5,7H,1-3,6H2,(H2,12,14). The molecule has 100 valence electrons. The third-order valence-electron chi connectivity index (χ3n) is 2.89. The highest BCUT2D eigenvalue weighted by molar-refractivity contribution is 9.11. The molecule has 0 saturated carbocycles. The van der Waals surface area contributed by atoms with E-state index < -0.39 is 22.0 Å². The molecule has 0 bridgehead atoms. The molecule has 1 aliphatic heterocycles. The molecule has 1 fully saturated rings. The van der Waals surface area contributed by atoms with E-state index in [0.29, 0.717) is 13.0 Å². The normalized spacial score (nSPS) is 21.9. The van der Waals surface area contributed by atoms with Crippen molar-refractivity contribution in [2.75, 3.05) is 6.54 Å². The van der Waals surface area contributed by atoms with E-state index in [2.05, 4.69) is 15.9 Å². The van der Waals surface area contributed by atoms with Crippen LogP contribution in [0, 0.1) is 0 Å². The minimum absolute atomic E-state index is 0.238. The molecule has 0 aromatic carbocycles. The van der Waals surface area contributed by atoms with E-state index >= 15 is 0 Å². The lowest BCUT2D eigenvalue weighted by molar-refractivity contribution is -0.122. The molecule has 0 spiro atoms. The maximum atomic E-state index is 12.4. The van der Waals surface area contributed by atoms with Crippen LogP contribution in [-0.4, -0.2) is 31.2 Å². The number of hydrogen-bond donors (Lipinski definition) is 1. The molecule has 1 aliphatic rings. The Balaban J connectivity index is 2.36. The van der Waals surface area contributed by atoms with E-state index in [1.54, 1.807) is 6.07 Å². The third kappa shape index (κ3) is 2.61. The van der Waals surface area contributed by atoms with Crippen LogP contribution in [0.2, 0.25) is 0 Å². The van der Waals surface area contributed by atoms with Crippen molar-refractivity contribution in [2.45, 2.75) is 29.5 Å². The molecule has 8 heteroatoms. The van der Waals surface area contributed by atoms with Gasteiger partial charge >= 0.3 is 0 Å². The van der Waals surface area contributed by atoms with E-state index in [1.165, 1.54) is 10.4 Å². The smallest absolute Gasteiger partial charge is 0.253 e. The second-order valence-corrected chi connectivity index (χ2v) is 8.67. The molecular weight excluding hydrogens is 340 g/mol. The molecule has 5 nitrogen and oxygen atoms in total. The third-order valence-corrected chi connectivity index (χ3v) is 6.89. The van der Waals surface area contributed by atoms with Crippen LogP contribution >= 0.6 is 27.3 Å². The molecule has 2 N–H and O–H groups in total. The topological polar surface area (TPSA) is 80.5 Å². The average Bonchev–Trinajstić information content (AvgIpc) is 2.76. The fraction of sp³-hybridized carbons (Fsp3) is 0.500. The van der Waals surface area contributed by atoms with Gasteiger partial charge in [-0.05, 0) is 40.9 Å². The predicted octanol–water partition coefficient (Wildman–Crippen LogP) is 1.54. The van der Waals surface area contributed by atoms with Gasteiger partial charge in [-0.2, -0.15) is 4.31 Å². The summed E-state index contributed by atoms with van der Waals surface area (Å²) < 4.78 is 27.1. The van der Waals surface area contributed by atoms with Gasteiger partial charge in [-0.15, -0.1) is 11.3 Å². The van der Waals surface area contributed by atoms with Crippen LogP contribution in [0.25, 0.3) is 0 Å². The number of amides is 1. The van der Waals surface area contributed by atoms with Crippen molar-refractivity contribution < 1.29 is 13.2 Å². The zero-order valence-corrected chi connectivity index (χ0v) is 12.7. The molecule has 1 unspecified atom stereocenters. The molecule has 0 aliphatic carbocycles. The Morgan fingerprint density at radius 1 is 1.44 bits per heavy atom. The minimum atomic E-state index is -3.61. The van der Waals surface area contributed by atoms with Gasteiger partial charge in [-0.25, -0.2) is 8.42 Å². The average molecular weight is 353 g/mol. The van der Waals surface area contributed by atoms with Crippen molar-refractivity contribution in [1.82, 2.24) is 4.31 Å². The van der Waals surface area contributed by atoms with Gasteiger partial charge in [0, 0.05) is 6.54 Å². The lowest BCUT2D eigenvalue weighted by Crippen LogP contribution is -2.50. The molecule has 1 aromatic heterocycles.